The predicted molar refractivity (Wildman–Crippen MR) is 98.8 cm³/mol. The van der Waals surface area contributed by atoms with Gasteiger partial charge in [-0.15, -0.1) is 0 Å². The van der Waals surface area contributed by atoms with Crippen molar-refractivity contribution in [3.63, 3.8) is 0 Å². The molecular formula is C21H26N2O2. The zero-order chi connectivity index (χ0) is 17.5. The Labute approximate surface area is 149 Å². The van der Waals surface area contributed by atoms with Crippen LogP contribution in [0.3, 0.4) is 0 Å². The highest BCUT2D eigenvalue weighted by Gasteiger charge is 2.13. The molecule has 0 spiro atoms. The summed E-state index contributed by atoms with van der Waals surface area (Å²) in [7, 11) is 1.65. The monoisotopic (exact) mass is 338 g/mol. The third-order valence-electron chi connectivity index (χ3n) is 4.78. The van der Waals surface area contributed by atoms with Gasteiger partial charge in [-0.3, -0.25) is 14.4 Å². The van der Waals surface area contributed by atoms with E-state index in [0.717, 1.165) is 29.6 Å². The largest absolute Gasteiger partial charge is 0.497 e. The van der Waals surface area contributed by atoms with Gasteiger partial charge in [0.05, 0.1) is 13.2 Å². The Morgan fingerprint density at radius 2 is 1.88 bits per heavy atom. The molecule has 1 aromatic carbocycles. The molecule has 0 unspecified atom stereocenters. The minimum Gasteiger partial charge on any atom is -0.497 e. The van der Waals surface area contributed by atoms with Crippen molar-refractivity contribution in [3.8, 4) is 5.75 Å². The molecule has 0 N–H and O–H groups in total. The summed E-state index contributed by atoms with van der Waals surface area (Å²) in [5.41, 5.74) is 1.92. The van der Waals surface area contributed by atoms with E-state index in [1.54, 1.807) is 11.7 Å². The Hall–Kier alpha value is -2.36. The van der Waals surface area contributed by atoms with Crippen LogP contribution in [-0.2, 0) is 6.42 Å². The number of ether oxygens (including phenoxy) is 1. The smallest absolute Gasteiger partial charge is 0.232 e. The minimum absolute atomic E-state index is 0.0889. The Kier molecular flexibility index (Phi) is 6.04. The molecule has 4 nitrogen and oxygen atoms in total. The zero-order valence-corrected chi connectivity index (χ0v) is 14.9. The first-order valence-corrected chi connectivity index (χ1v) is 9.14. The van der Waals surface area contributed by atoms with E-state index in [2.05, 4.69) is 0 Å². The second-order valence-corrected chi connectivity index (χ2v) is 6.59. The second kappa shape index (κ2) is 8.65. The summed E-state index contributed by atoms with van der Waals surface area (Å²) in [6, 6.07) is 14.0. The summed E-state index contributed by atoms with van der Waals surface area (Å²) in [6.45, 7) is 0. The van der Waals surface area contributed by atoms with Crippen molar-refractivity contribution in [1.82, 2.24) is 4.57 Å². The molecule has 0 saturated heterocycles. The van der Waals surface area contributed by atoms with Crippen molar-refractivity contribution in [3.05, 3.63) is 59.7 Å². The first kappa shape index (κ1) is 17.5. The van der Waals surface area contributed by atoms with Crippen molar-refractivity contribution < 1.29 is 9.53 Å². The zero-order valence-electron chi connectivity index (χ0n) is 14.9. The normalized spacial score (nSPS) is 16.0. The van der Waals surface area contributed by atoms with Crippen LogP contribution in [0.15, 0.2) is 53.7 Å². The molecule has 0 amide bonds. The molecule has 4 heteroatoms. The van der Waals surface area contributed by atoms with E-state index in [-0.39, 0.29) is 5.91 Å². The Morgan fingerprint density at radius 3 is 2.60 bits per heavy atom. The Morgan fingerprint density at radius 1 is 1.12 bits per heavy atom. The topological polar surface area (TPSA) is 43.6 Å². The molecule has 1 heterocycles. The summed E-state index contributed by atoms with van der Waals surface area (Å²) in [5, 5.41) is 0. The van der Waals surface area contributed by atoms with Gasteiger partial charge in [-0.1, -0.05) is 37.5 Å². The summed E-state index contributed by atoms with van der Waals surface area (Å²) in [4.78, 5) is 17.5. The van der Waals surface area contributed by atoms with E-state index in [9.17, 15) is 4.79 Å². The molecule has 0 atom stereocenters. The summed E-state index contributed by atoms with van der Waals surface area (Å²) in [6.07, 6.45) is 9.07. The van der Waals surface area contributed by atoms with Crippen LogP contribution in [0, 0.1) is 0 Å². The van der Waals surface area contributed by atoms with Gasteiger partial charge in [0.15, 0.2) is 0 Å². The van der Waals surface area contributed by atoms with E-state index in [4.69, 9.17) is 9.73 Å². The number of aromatic nitrogens is 1. The molecule has 0 radical (unpaired) electrons. The fourth-order valence-electron chi connectivity index (χ4n) is 3.31. The maximum atomic E-state index is 12.7. The lowest BCUT2D eigenvalue weighted by Crippen LogP contribution is -2.29. The van der Waals surface area contributed by atoms with Crippen molar-refractivity contribution in [1.29, 1.82) is 0 Å². The molecule has 0 bridgehead atoms. The average molecular weight is 338 g/mol. The van der Waals surface area contributed by atoms with Gasteiger partial charge in [-0.2, -0.15) is 0 Å². The van der Waals surface area contributed by atoms with Gasteiger partial charge in [-0.05, 0) is 49.1 Å². The number of nitrogens with zero attached hydrogens (tertiary/aromatic N) is 2. The maximum absolute atomic E-state index is 12.7. The van der Waals surface area contributed by atoms with Gasteiger partial charge in [0.1, 0.15) is 11.2 Å². The third kappa shape index (κ3) is 4.81. The van der Waals surface area contributed by atoms with Gasteiger partial charge < -0.3 is 4.74 Å². The molecule has 2 aromatic rings. The Bertz CT molecular complexity index is 756. The quantitative estimate of drug-likeness (QED) is 0.827. The molecule has 3 rings (SSSR count). The van der Waals surface area contributed by atoms with Crippen LogP contribution < -0.4 is 10.2 Å². The second-order valence-electron chi connectivity index (χ2n) is 6.59. The highest BCUT2D eigenvalue weighted by molar-refractivity contribution is 5.78. The van der Waals surface area contributed by atoms with Crippen LogP contribution in [0.1, 0.15) is 48.9 Å². The lowest BCUT2D eigenvalue weighted by Gasteiger charge is -2.17. The van der Waals surface area contributed by atoms with Crippen molar-refractivity contribution >= 4 is 5.91 Å². The molecule has 1 aliphatic rings. The molecular weight excluding hydrogens is 312 g/mol. The minimum atomic E-state index is 0.0889. The SMILES string of the molecule is COc1ccc(CCC(=O)n2ccccc2=NC2CCCCC2)cc1. The molecule has 0 aliphatic heterocycles. The molecule has 25 heavy (non-hydrogen) atoms. The number of methoxy groups -OCH3 is 1. The molecule has 1 saturated carbocycles. The number of benzene rings is 1. The van der Waals surface area contributed by atoms with E-state index in [0.29, 0.717) is 18.9 Å². The fraction of sp³-hybridized carbons (Fsp3) is 0.429. The average Bonchev–Trinajstić information content (AvgIpc) is 2.68. The number of rotatable bonds is 5. The van der Waals surface area contributed by atoms with Crippen LogP contribution in [0.2, 0.25) is 0 Å². The van der Waals surface area contributed by atoms with Crippen molar-refractivity contribution in [2.45, 2.75) is 51.0 Å². The standard InChI is InChI=1S/C21H26N2O2/c1-25-19-13-10-17(11-14-19)12-15-21(24)23-16-6-5-9-20(23)22-18-7-3-2-4-8-18/h5-6,9-11,13-14,16,18H,2-4,7-8,12,15H2,1H3. The number of hydrogen-bond donors (Lipinski definition) is 0. The number of hydrogen-bond acceptors (Lipinski definition) is 3. The number of pyridine rings is 1. The lowest BCUT2D eigenvalue weighted by atomic mass is 9.96. The molecule has 1 fully saturated rings. The van der Waals surface area contributed by atoms with Gasteiger partial charge in [0, 0.05) is 12.6 Å². The number of carbonyl (C=O) groups excluding carboxylic acids is 1. The fourth-order valence-corrected chi connectivity index (χ4v) is 3.31. The predicted octanol–water partition coefficient (Wildman–Crippen LogP) is 4.00. The van der Waals surface area contributed by atoms with E-state index >= 15 is 0 Å². The van der Waals surface area contributed by atoms with Gasteiger partial charge >= 0.3 is 0 Å². The molecule has 132 valence electrons. The maximum Gasteiger partial charge on any atom is 0.232 e. The van der Waals surface area contributed by atoms with Crippen LogP contribution in [0.4, 0.5) is 0 Å². The third-order valence-corrected chi connectivity index (χ3v) is 4.78. The summed E-state index contributed by atoms with van der Waals surface area (Å²) >= 11 is 0. The number of carbonyl (C=O) groups is 1. The first-order chi connectivity index (χ1) is 12.3. The Balaban J connectivity index is 1.70. The van der Waals surface area contributed by atoms with Crippen LogP contribution >= 0.6 is 0 Å². The van der Waals surface area contributed by atoms with Crippen LogP contribution in [-0.4, -0.2) is 23.6 Å². The summed E-state index contributed by atoms with van der Waals surface area (Å²) < 4.78 is 6.87. The van der Waals surface area contributed by atoms with E-state index in [1.807, 2.05) is 48.7 Å². The van der Waals surface area contributed by atoms with Crippen LogP contribution in [0.25, 0.3) is 0 Å². The molecule has 1 aliphatic carbocycles. The van der Waals surface area contributed by atoms with Crippen molar-refractivity contribution in [2.24, 2.45) is 4.99 Å². The van der Waals surface area contributed by atoms with E-state index < -0.39 is 0 Å². The van der Waals surface area contributed by atoms with Gasteiger partial charge in [0.25, 0.3) is 0 Å². The number of aryl methyl sites for hydroxylation is 1. The van der Waals surface area contributed by atoms with Crippen LogP contribution in [0.5, 0.6) is 5.75 Å². The van der Waals surface area contributed by atoms with Crippen molar-refractivity contribution in [2.75, 3.05) is 7.11 Å². The van der Waals surface area contributed by atoms with Gasteiger partial charge in [0.2, 0.25) is 5.91 Å². The van der Waals surface area contributed by atoms with E-state index in [1.165, 1.54) is 19.3 Å². The first-order valence-electron chi connectivity index (χ1n) is 9.14. The molecule has 1 aromatic heterocycles. The summed E-state index contributed by atoms with van der Waals surface area (Å²) in [5.74, 6) is 0.923. The highest BCUT2D eigenvalue weighted by Crippen LogP contribution is 2.19. The highest BCUT2D eigenvalue weighted by atomic mass is 16.5. The van der Waals surface area contributed by atoms with Gasteiger partial charge in [-0.25, -0.2) is 0 Å². The lowest BCUT2D eigenvalue weighted by molar-refractivity contribution is 0.0897.